The second-order valence-electron chi connectivity index (χ2n) is 6.03. The second-order valence-corrected chi connectivity index (χ2v) is 8.26. The van der Waals surface area contributed by atoms with Gasteiger partial charge in [0.2, 0.25) is 0 Å². The summed E-state index contributed by atoms with van der Waals surface area (Å²) in [6, 6.07) is 3.69. The molecule has 9 nitrogen and oxygen atoms in total. The number of benzene rings is 1. The Morgan fingerprint density at radius 1 is 1.46 bits per heavy atom. The first kappa shape index (κ1) is 20.0. The molecule has 0 radical (unpaired) electrons. The van der Waals surface area contributed by atoms with Crippen molar-refractivity contribution in [2.24, 2.45) is 0 Å². The topological polar surface area (TPSA) is 116 Å². The van der Waals surface area contributed by atoms with Crippen LogP contribution in [0.1, 0.15) is 20.3 Å². The molecule has 0 unspecified atom stereocenters. The van der Waals surface area contributed by atoms with Gasteiger partial charge in [-0.05, 0) is 32.4 Å². The summed E-state index contributed by atoms with van der Waals surface area (Å²) in [5.74, 6) is -0.163. The van der Waals surface area contributed by atoms with E-state index < -0.39 is 32.8 Å². The molecule has 0 aromatic heterocycles. The largest absolute Gasteiger partial charge is 0.496 e. The molecule has 1 fully saturated rings. The molecule has 0 spiro atoms. The fourth-order valence-corrected chi connectivity index (χ4v) is 4.69. The maximum atomic E-state index is 12.7. The summed E-state index contributed by atoms with van der Waals surface area (Å²) in [5.41, 5.74) is -0.310. The highest BCUT2D eigenvalue weighted by Gasteiger charge is 2.36. The third kappa shape index (κ3) is 4.43. The fourth-order valence-electron chi connectivity index (χ4n) is 2.96. The third-order valence-electron chi connectivity index (χ3n) is 4.29. The zero-order valence-electron chi connectivity index (χ0n) is 14.9. The van der Waals surface area contributed by atoms with E-state index in [-0.39, 0.29) is 22.9 Å². The first-order chi connectivity index (χ1) is 12.2. The number of ether oxygens (including phenoxy) is 2. The lowest BCUT2D eigenvalue weighted by Gasteiger charge is -2.29. The van der Waals surface area contributed by atoms with Crippen molar-refractivity contribution in [3.63, 3.8) is 0 Å². The number of methoxy groups -OCH3 is 1. The monoisotopic (exact) mass is 386 g/mol. The lowest BCUT2D eigenvalue weighted by Crippen LogP contribution is -2.46. The van der Waals surface area contributed by atoms with Crippen LogP contribution in [0.3, 0.4) is 0 Å². The van der Waals surface area contributed by atoms with E-state index in [0.29, 0.717) is 18.7 Å². The average Bonchev–Trinajstić information content (AvgIpc) is 2.95. The number of sulfone groups is 1. The van der Waals surface area contributed by atoms with Crippen LogP contribution in [-0.4, -0.2) is 61.5 Å². The van der Waals surface area contributed by atoms with E-state index >= 15 is 0 Å². The highest BCUT2D eigenvalue weighted by atomic mass is 32.2. The summed E-state index contributed by atoms with van der Waals surface area (Å²) in [5, 5.41) is 11.2. The van der Waals surface area contributed by atoms with Crippen molar-refractivity contribution in [2.45, 2.75) is 32.4 Å². The fraction of sp³-hybridized carbons (Fsp3) is 0.562. The molecule has 0 N–H and O–H groups in total. The Balaban J connectivity index is 2.17. The number of nitro groups is 1. The predicted molar refractivity (Wildman–Crippen MR) is 94.2 cm³/mol. The van der Waals surface area contributed by atoms with Gasteiger partial charge in [0.25, 0.3) is 5.91 Å². The van der Waals surface area contributed by atoms with Crippen LogP contribution < -0.4 is 9.47 Å². The summed E-state index contributed by atoms with van der Waals surface area (Å²) in [7, 11) is -1.74. The SMILES string of the molecule is CCN(C(=O)[C@H](C)Oc1ccc(OC)cc1[N+](=O)[O-])[C@@H]1CCS(=O)(=O)C1. The molecule has 1 aliphatic heterocycles. The molecule has 0 bridgehead atoms. The number of hydrogen-bond acceptors (Lipinski definition) is 7. The third-order valence-corrected chi connectivity index (χ3v) is 6.04. The first-order valence-electron chi connectivity index (χ1n) is 8.18. The molecular weight excluding hydrogens is 364 g/mol. The molecule has 26 heavy (non-hydrogen) atoms. The zero-order valence-corrected chi connectivity index (χ0v) is 15.7. The normalized spacial score (nSPS) is 19.6. The average molecular weight is 386 g/mol. The zero-order chi connectivity index (χ0) is 19.5. The van der Waals surface area contributed by atoms with Gasteiger partial charge in [-0.15, -0.1) is 0 Å². The lowest BCUT2D eigenvalue weighted by molar-refractivity contribution is -0.386. The number of rotatable bonds is 7. The number of hydrogen-bond donors (Lipinski definition) is 0. The van der Waals surface area contributed by atoms with Gasteiger partial charge in [0.15, 0.2) is 21.7 Å². The molecule has 1 saturated heterocycles. The van der Waals surface area contributed by atoms with Gasteiger partial charge in [-0.25, -0.2) is 8.42 Å². The highest BCUT2D eigenvalue weighted by molar-refractivity contribution is 7.91. The van der Waals surface area contributed by atoms with Crippen LogP contribution in [0.4, 0.5) is 5.69 Å². The molecular formula is C16H22N2O7S. The Labute approximate surface area is 152 Å². The van der Waals surface area contributed by atoms with Gasteiger partial charge in [0, 0.05) is 12.6 Å². The minimum absolute atomic E-state index is 0.0493. The smallest absolute Gasteiger partial charge is 0.314 e. The highest BCUT2D eigenvalue weighted by Crippen LogP contribution is 2.32. The van der Waals surface area contributed by atoms with E-state index in [1.165, 1.54) is 37.1 Å². The number of nitrogens with zero attached hydrogens (tertiary/aromatic N) is 2. The van der Waals surface area contributed by atoms with E-state index in [0.717, 1.165) is 0 Å². The molecule has 1 amide bonds. The van der Waals surface area contributed by atoms with Crippen molar-refractivity contribution in [2.75, 3.05) is 25.2 Å². The molecule has 0 aliphatic carbocycles. The summed E-state index contributed by atoms with van der Waals surface area (Å²) >= 11 is 0. The lowest BCUT2D eigenvalue weighted by atomic mass is 10.2. The van der Waals surface area contributed by atoms with Crippen molar-refractivity contribution in [3.8, 4) is 11.5 Å². The quantitative estimate of drug-likeness (QED) is 0.514. The maximum absolute atomic E-state index is 12.7. The van der Waals surface area contributed by atoms with Crippen LogP contribution >= 0.6 is 0 Å². The van der Waals surface area contributed by atoms with Crippen LogP contribution in [0, 0.1) is 10.1 Å². The summed E-state index contributed by atoms with van der Waals surface area (Å²) in [6.07, 6.45) is -0.609. The van der Waals surface area contributed by atoms with E-state index in [2.05, 4.69) is 0 Å². The summed E-state index contributed by atoms with van der Waals surface area (Å²) in [4.78, 5) is 24.8. The molecule has 1 heterocycles. The Kier molecular flexibility index (Phi) is 6.06. The van der Waals surface area contributed by atoms with Gasteiger partial charge in [0.1, 0.15) is 5.75 Å². The number of carbonyl (C=O) groups excluding carboxylic acids is 1. The molecule has 144 valence electrons. The van der Waals surface area contributed by atoms with Crippen LogP contribution in [0.25, 0.3) is 0 Å². The van der Waals surface area contributed by atoms with Gasteiger partial charge in [0.05, 0.1) is 29.6 Å². The van der Waals surface area contributed by atoms with Crippen molar-refractivity contribution in [3.05, 3.63) is 28.3 Å². The van der Waals surface area contributed by atoms with Crippen LogP contribution in [0.15, 0.2) is 18.2 Å². The van der Waals surface area contributed by atoms with Crippen LogP contribution in [0.5, 0.6) is 11.5 Å². The molecule has 10 heteroatoms. The molecule has 1 aromatic carbocycles. The maximum Gasteiger partial charge on any atom is 0.314 e. The van der Waals surface area contributed by atoms with E-state index in [4.69, 9.17) is 9.47 Å². The Morgan fingerprint density at radius 2 is 2.15 bits per heavy atom. The van der Waals surface area contributed by atoms with E-state index in [1.54, 1.807) is 6.92 Å². The number of amides is 1. The Morgan fingerprint density at radius 3 is 2.65 bits per heavy atom. The molecule has 2 atom stereocenters. The molecule has 1 aromatic rings. The van der Waals surface area contributed by atoms with Crippen LogP contribution in [-0.2, 0) is 14.6 Å². The van der Waals surface area contributed by atoms with Gasteiger partial charge >= 0.3 is 5.69 Å². The van der Waals surface area contributed by atoms with Gasteiger partial charge in [-0.3, -0.25) is 14.9 Å². The second kappa shape index (κ2) is 7.90. The van der Waals surface area contributed by atoms with Gasteiger partial charge in [-0.1, -0.05) is 0 Å². The molecule has 2 rings (SSSR count). The standard InChI is InChI=1S/C16H22N2O7S/c1-4-17(12-7-8-26(22,23)10-12)16(19)11(2)25-15-6-5-13(24-3)9-14(15)18(20)21/h5-6,9,11-12H,4,7-8,10H2,1-3H3/t11-,12+/m0/s1. The van der Waals surface area contributed by atoms with E-state index in [9.17, 15) is 23.3 Å². The first-order valence-corrected chi connectivity index (χ1v) is 10.0. The molecule has 1 aliphatic rings. The number of carbonyl (C=O) groups is 1. The molecule has 0 saturated carbocycles. The summed E-state index contributed by atoms with van der Waals surface area (Å²) < 4.78 is 33.8. The van der Waals surface area contributed by atoms with Crippen molar-refractivity contribution < 1.29 is 27.6 Å². The minimum Gasteiger partial charge on any atom is -0.496 e. The van der Waals surface area contributed by atoms with Crippen molar-refractivity contribution >= 4 is 21.4 Å². The Hall–Kier alpha value is -2.36. The van der Waals surface area contributed by atoms with E-state index in [1.807, 2.05) is 0 Å². The Bertz CT molecular complexity index is 794. The number of likely N-dealkylation sites (N-methyl/N-ethyl adjacent to an activating group) is 1. The van der Waals surface area contributed by atoms with Crippen LogP contribution in [0.2, 0.25) is 0 Å². The van der Waals surface area contributed by atoms with Gasteiger partial charge in [-0.2, -0.15) is 0 Å². The number of nitro benzene ring substituents is 1. The van der Waals surface area contributed by atoms with Crippen molar-refractivity contribution in [1.82, 2.24) is 4.90 Å². The van der Waals surface area contributed by atoms with Crippen molar-refractivity contribution in [1.29, 1.82) is 0 Å². The predicted octanol–water partition coefficient (Wildman–Crippen LogP) is 1.41. The summed E-state index contributed by atoms with van der Waals surface area (Å²) in [6.45, 7) is 3.57. The minimum atomic E-state index is -3.13. The van der Waals surface area contributed by atoms with Gasteiger partial charge < -0.3 is 14.4 Å².